The number of phenols is 1. The van der Waals surface area contributed by atoms with Crippen molar-refractivity contribution in [1.29, 1.82) is 0 Å². The van der Waals surface area contributed by atoms with Crippen molar-refractivity contribution >= 4 is 40.7 Å². The van der Waals surface area contributed by atoms with Gasteiger partial charge in [-0.3, -0.25) is 4.79 Å². The van der Waals surface area contributed by atoms with Gasteiger partial charge in [0.2, 0.25) is 0 Å². The number of methoxy groups -OCH3 is 1. The molecule has 0 atom stereocenters. The first-order chi connectivity index (χ1) is 8.06. The van der Waals surface area contributed by atoms with E-state index in [-0.39, 0.29) is 10.1 Å². The normalized spacial score (nSPS) is 11.0. The molecule has 90 valence electrons. The first kappa shape index (κ1) is 13.5. The van der Waals surface area contributed by atoms with Crippen LogP contribution in [0.25, 0.3) is 6.08 Å². The molecule has 0 spiro atoms. The second kappa shape index (κ2) is 6.27. The molecule has 6 heteroatoms. The van der Waals surface area contributed by atoms with E-state index in [1.54, 1.807) is 18.2 Å². The van der Waals surface area contributed by atoms with Gasteiger partial charge in [-0.05, 0) is 23.8 Å². The number of phenolic OH excluding ortho intramolecular Hbond substituents is 1. The van der Waals surface area contributed by atoms with Crippen LogP contribution in [0.3, 0.4) is 0 Å². The van der Waals surface area contributed by atoms with Crippen LogP contribution in [-0.4, -0.2) is 22.8 Å². The fourth-order valence-electron chi connectivity index (χ4n) is 1.16. The van der Waals surface area contributed by atoms with Crippen LogP contribution in [0.4, 0.5) is 0 Å². The number of ether oxygens (including phenoxy) is 1. The largest absolute Gasteiger partial charge is 0.504 e. The number of aromatic hydroxyl groups is 1. The molecular weight excluding hydrogens is 258 g/mol. The number of aldehydes is 1. The SMILES string of the molecule is COc1ccc(/C=C(\C=O)SC(N)=S)cc1O. The molecule has 0 aromatic heterocycles. The molecule has 0 saturated carbocycles. The molecule has 4 nitrogen and oxygen atoms in total. The van der Waals surface area contributed by atoms with Gasteiger partial charge in [-0.15, -0.1) is 0 Å². The van der Waals surface area contributed by atoms with Gasteiger partial charge in [0, 0.05) is 0 Å². The Kier molecular flexibility index (Phi) is 4.99. The van der Waals surface area contributed by atoms with E-state index in [1.807, 2.05) is 0 Å². The Morgan fingerprint density at radius 3 is 2.76 bits per heavy atom. The minimum atomic E-state index is 0.00632. The van der Waals surface area contributed by atoms with E-state index >= 15 is 0 Å². The number of hydrogen-bond acceptors (Lipinski definition) is 5. The summed E-state index contributed by atoms with van der Waals surface area (Å²) in [5.41, 5.74) is 5.98. The highest BCUT2D eigenvalue weighted by Gasteiger charge is 2.03. The van der Waals surface area contributed by atoms with Crippen LogP contribution in [-0.2, 0) is 4.79 Å². The van der Waals surface area contributed by atoms with Crippen LogP contribution in [0.1, 0.15) is 5.56 Å². The van der Waals surface area contributed by atoms with Crippen molar-refractivity contribution in [2.75, 3.05) is 7.11 Å². The van der Waals surface area contributed by atoms with E-state index in [4.69, 9.17) is 22.7 Å². The van der Waals surface area contributed by atoms with E-state index in [0.717, 1.165) is 11.8 Å². The average Bonchev–Trinajstić information content (AvgIpc) is 2.27. The zero-order valence-corrected chi connectivity index (χ0v) is 10.7. The lowest BCUT2D eigenvalue weighted by atomic mass is 10.2. The number of hydrogen-bond donors (Lipinski definition) is 2. The van der Waals surface area contributed by atoms with Crippen molar-refractivity contribution in [3.63, 3.8) is 0 Å². The Morgan fingerprint density at radius 2 is 2.29 bits per heavy atom. The third-order valence-corrected chi connectivity index (χ3v) is 2.75. The number of benzene rings is 1. The summed E-state index contributed by atoms with van der Waals surface area (Å²) < 4.78 is 5.08. The standard InChI is InChI=1S/C11H11NO3S2/c1-15-10-3-2-7(5-9(10)14)4-8(6-13)17-11(12)16/h2-6,14H,1H3,(H2,12,16)/b8-4+. The predicted octanol–water partition coefficient (Wildman–Crippen LogP) is 1.92. The lowest BCUT2D eigenvalue weighted by Gasteiger charge is -2.04. The van der Waals surface area contributed by atoms with Gasteiger partial charge in [-0.2, -0.15) is 0 Å². The highest BCUT2D eigenvalue weighted by molar-refractivity contribution is 8.26. The summed E-state index contributed by atoms with van der Waals surface area (Å²) in [5, 5.41) is 9.56. The molecule has 3 N–H and O–H groups in total. The van der Waals surface area contributed by atoms with E-state index in [9.17, 15) is 9.90 Å². The first-order valence-corrected chi connectivity index (χ1v) is 5.80. The second-order valence-electron chi connectivity index (χ2n) is 3.02. The number of thioether (sulfide) groups is 1. The van der Waals surface area contributed by atoms with E-state index in [0.29, 0.717) is 22.5 Å². The third kappa shape index (κ3) is 4.08. The molecule has 0 fully saturated rings. The van der Waals surface area contributed by atoms with Crippen molar-refractivity contribution in [2.45, 2.75) is 0 Å². The van der Waals surface area contributed by atoms with Crippen LogP contribution in [0.5, 0.6) is 11.5 Å². The second-order valence-corrected chi connectivity index (χ2v) is 4.83. The lowest BCUT2D eigenvalue weighted by Crippen LogP contribution is -2.02. The van der Waals surface area contributed by atoms with Crippen molar-refractivity contribution in [3.05, 3.63) is 28.7 Å². The summed E-state index contributed by atoms with van der Waals surface area (Å²) in [4.78, 5) is 11.1. The van der Waals surface area contributed by atoms with Crippen LogP contribution in [0, 0.1) is 0 Å². The van der Waals surface area contributed by atoms with Crippen molar-refractivity contribution in [2.24, 2.45) is 5.73 Å². The highest BCUT2D eigenvalue weighted by Crippen LogP contribution is 2.28. The van der Waals surface area contributed by atoms with Gasteiger partial charge in [0.25, 0.3) is 0 Å². The molecule has 0 amide bonds. The first-order valence-electron chi connectivity index (χ1n) is 4.58. The maximum absolute atomic E-state index is 10.8. The summed E-state index contributed by atoms with van der Waals surface area (Å²) >= 11 is 5.69. The third-order valence-electron chi connectivity index (χ3n) is 1.85. The maximum Gasteiger partial charge on any atom is 0.160 e. The number of nitrogens with two attached hydrogens (primary N) is 1. The van der Waals surface area contributed by atoms with Crippen LogP contribution in [0.2, 0.25) is 0 Å². The van der Waals surface area contributed by atoms with Gasteiger partial charge < -0.3 is 15.6 Å². The summed E-state index contributed by atoms with van der Waals surface area (Å²) in [7, 11) is 1.46. The smallest absolute Gasteiger partial charge is 0.160 e. The molecule has 1 rings (SSSR count). The van der Waals surface area contributed by atoms with Crippen LogP contribution >= 0.6 is 24.0 Å². The monoisotopic (exact) mass is 269 g/mol. The van der Waals surface area contributed by atoms with Gasteiger partial charge in [-0.25, -0.2) is 0 Å². The lowest BCUT2D eigenvalue weighted by molar-refractivity contribution is -0.104. The maximum atomic E-state index is 10.8. The minimum absolute atomic E-state index is 0.00632. The van der Waals surface area contributed by atoms with Gasteiger partial charge in [0.15, 0.2) is 17.8 Å². The molecule has 0 saturated heterocycles. The molecule has 17 heavy (non-hydrogen) atoms. The highest BCUT2D eigenvalue weighted by atomic mass is 32.2. The number of allylic oxidation sites excluding steroid dienone is 1. The molecule has 1 aromatic carbocycles. The van der Waals surface area contributed by atoms with Crippen LogP contribution < -0.4 is 10.5 Å². The minimum Gasteiger partial charge on any atom is -0.504 e. The molecule has 0 heterocycles. The summed E-state index contributed by atoms with van der Waals surface area (Å²) in [6, 6.07) is 4.81. The molecule has 0 aliphatic rings. The summed E-state index contributed by atoms with van der Waals surface area (Å²) in [6.45, 7) is 0. The van der Waals surface area contributed by atoms with E-state index < -0.39 is 0 Å². The number of thiocarbonyl (C=S) groups is 1. The fourth-order valence-corrected chi connectivity index (χ4v) is 1.93. The number of carbonyl (C=O) groups excluding carboxylic acids is 1. The van der Waals surface area contributed by atoms with Gasteiger partial charge >= 0.3 is 0 Å². The summed E-state index contributed by atoms with van der Waals surface area (Å²) in [5.74, 6) is 0.378. The molecular formula is C11H11NO3S2. The number of rotatable bonds is 4. The van der Waals surface area contributed by atoms with Crippen molar-refractivity contribution in [3.8, 4) is 11.5 Å². The van der Waals surface area contributed by atoms with Gasteiger partial charge in [0.1, 0.15) is 4.32 Å². The topological polar surface area (TPSA) is 72.5 Å². The zero-order chi connectivity index (χ0) is 12.8. The Hall–Kier alpha value is -1.53. The molecule has 0 radical (unpaired) electrons. The predicted molar refractivity (Wildman–Crippen MR) is 73.1 cm³/mol. The van der Waals surface area contributed by atoms with Crippen LogP contribution in [0.15, 0.2) is 23.1 Å². The Labute approximate surface area is 108 Å². The molecule has 0 aliphatic heterocycles. The Balaban J connectivity index is 3.00. The van der Waals surface area contributed by atoms with Crippen molar-refractivity contribution in [1.82, 2.24) is 0 Å². The van der Waals surface area contributed by atoms with Gasteiger partial charge in [0.05, 0.1) is 12.0 Å². The molecule has 0 unspecified atom stereocenters. The quantitative estimate of drug-likeness (QED) is 0.494. The van der Waals surface area contributed by atoms with Gasteiger partial charge in [-0.1, -0.05) is 30.0 Å². The molecule has 0 aliphatic carbocycles. The number of carbonyl (C=O) groups is 1. The Bertz CT molecular complexity index is 472. The summed E-state index contributed by atoms with van der Waals surface area (Å²) in [6.07, 6.45) is 2.24. The molecule has 0 bridgehead atoms. The average molecular weight is 269 g/mol. The fraction of sp³-hybridized carbons (Fsp3) is 0.0909. The van der Waals surface area contributed by atoms with E-state index in [1.165, 1.54) is 13.2 Å². The molecule has 1 aromatic rings. The van der Waals surface area contributed by atoms with E-state index in [2.05, 4.69) is 0 Å². The van der Waals surface area contributed by atoms with Crippen molar-refractivity contribution < 1.29 is 14.6 Å². The Morgan fingerprint density at radius 1 is 1.59 bits per heavy atom. The zero-order valence-electron chi connectivity index (χ0n) is 9.04.